The van der Waals surface area contributed by atoms with E-state index in [4.69, 9.17) is 12.2 Å². The summed E-state index contributed by atoms with van der Waals surface area (Å²) in [5, 5.41) is 13.6. The van der Waals surface area contributed by atoms with E-state index in [0.29, 0.717) is 10.2 Å². The summed E-state index contributed by atoms with van der Waals surface area (Å²) in [5.41, 5.74) is 0. The zero-order valence-electron chi connectivity index (χ0n) is 10.4. The highest BCUT2D eigenvalue weighted by Crippen LogP contribution is 2.31. The van der Waals surface area contributed by atoms with E-state index in [1.165, 1.54) is 11.3 Å². The number of sulfone groups is 1. The topological polar surface area (TPSA) is 75.2 Å². The maximum atomic E-state index is 11.7. The van der Waals surface area contributed by atoms with Crippen LogP contribution >= 0.6 is 23.6 Å². The monoisotopic (exact) mass is 318 g/mol. The first-order valence-electron chi connectivity index (χ1n) is 6.12. The van der Waals surface area contributed by atoms with E-state index in [-0.39, 0.29) is 23.6 Å². The minimum absolute atomic E-state index is 0.115. The van der Waals surface area contributed by atoms with Crippen molar-refractivity contribution in [3.05, 3.63) is 5.01 Å². The van der Waals surface area contributed by atoms with Crippen LogP contribution in [0.25, 0.3) is 0 Å². The Labute approximate surface area is 121 Å². The van der Waals surface area contributed by atoms with Crippen LogP contribution in [0.5, 0.6) is 0 Å². The quantitative estimate of drug-likeness (QED) is 0.806. The third-order valence-electron chi connectivity index (χ3n) is 3.31. The minimum atomic E-state index is -2.98. The van der Waals surface area contributed by atoms with E-state index in [0.717, 1.165) is 17.8 Å². The van der Waals surface area contributed by atoms with Crippen molar-refractivity contribution in [2.75, 3.05) is 16.4 Å². The van der Waals surface area contributed by atoms with Gasteiger partial charge in [0.05, 0.1) is 23.6 Å². The first-order chi connectivity index (χ1) is 9.00. The van der Waals surface area contributed by atoms with Crippen LogP contribution in [0, 0.1) is 0 Å². The van der Waals surface area contributed by atoms with Gasteiger partial charge in [-0.25, -0.2) is 8.42 Å². The molecule has 0 spiro atoms. The molecule has 0 amide bonds. The lowest BCUT2D eigenvalue weighted by Gasteiger charge is -2.18. The second-order valence-corrected chi connectivity index (χ2v) is 8.38. The molecule has 0 unspecified atom stereocenters. The van der Waals surface area contributed by atoms with Crippen LogP contribution in [0.2, 0.25) is 0 Å². The molecule has 2 aliphatic rings. The van der Waals surface area contributed by atoms with Crippen molar-refractivity contribution in [2.45, 2.75) is 31.8 Å². The van der Waals surface area contributed by atoms with Crippen LogP contribution in [0.4, 0.5) is 5.13 Å². The number of hydrogen-bond acceptors (Lipinski definition) is 6. The van der Waals surface area contributed by atoms with Crippen molar-refractivity contribution < 1.29 is 8.42 Å². The summed E-state index contributed by atoms with van der Waals surface area (Å²) < 4.78 is 23.4. The van der Waals surface area contributed by atoms with E-state index >= 15 is 0 Å². The molecular formula is C10H14N4O2S3. The highest BCUT2D eigenvalue weighted by molar-refractivity contribution is 7.91. The normalized spacial score (nSPS) is 28.5. The predicted molar refractivity (Wildman–Crippen MR) is 78.3 cm³/mol. The van der Waals surface area contributed by atoms with Crippen molar-refractivity contribution in [2.24, 2.45) is 0 Å². The van der Waals surface area contributed by atoms with Crippen LogP contribution in [0.3, 0.4) is 0 Å². The molecule has 3 rings (SSSR count). The summed E-state index contributed by atoms with van der Waals surface area (Å²) in [5.74, 6) is 0.280. The third kappa shape index (κ3) is 2.34. The Bertz CT molecular complexity index is 612. The maximum absolute atomic E-state index is 11.7. The molecule has 1 aromatic heterocycles. The molecule has 0 radical (unpaired) electrons. The molecule has 2 saturated heterocycles. The number of hydrogen-bond donors (Lipinski definition) is 1. The highest BCUT2D eigenvalue weighted by atomic mass is 32.2. The second kappa shape index (κ2) is 4.64. The van der Waals surface area contributed by atoms with E-state index in [1.807, 2.05) is 4.90 Å². The molecule has 1 aromatic rings. The van der Waals surface area contributed by atoms with Gasteiger partial charge in [0.2, 0.25) is 5.13 Å². The fraction of sp³-hybridized carbons (Fsp3) is 0.700. The minimum Gasteiger partial charge on any atom is -0.356 e. The van der Waals surface area contributed by atoms with Gasteiger partial charge in [-0.15, -0.1) is 10.2 Å². The van der Waals surface area contributed by atoms with Crippen molar-refractivity contribution in [1.82, 2.24) is 15.5 Å². The number of aryl methyl sites for hydroxylation is 1. The molecule has 2 atom stereocenters. The van der Waals surface area contributed by atoms with Gasteiger partial charge >= 0.3 is 0 Å². The number of thiocarbonyl (C=S) groups is 1. The van der Waals surface area contributed by atoms with E-state index in [2.05, 4.69) is 22.4 Å². The maximum Gasteiger partial charge on any atom is 0.214 e. The average molecular weight is 318 g/mol. The average Bonchev–Trinajstić information content (AvgIpc) is 2.92. The molecular weight excluding hydrogens is 304 g/mol. The Hall–Kier alpha value is -0.800. The third-order valence-corrected chi connectivity index (χ3v) is 6.32. The van der Waals surface area contributed by atoms with E-state index in [9.17, 15) is 8.42 Å². The molecule has 2 aliphatic heterocycles. The summed E-state index contributed by atoms with van der Waals surface area (Å²) in [4.78, 5) is 1.82. The van der Waals surface area contributed by atoms with Gasteiger partial charge in [0, 0.05) is 6.42 Å². The largest absolute Gasteiger partial charge is 0.356 e. The summed E-state index contributed by atoms with van der Waals surface area (Å²) >= 11 is 6.77. The SMILES string of the molecule is CCCc1nnc(N2C(=S)N[C@H]3CS(=O)(=O)C[C@H]32)s1. The molecule has 0 saturated carbocycles. The van der Waals surface area contributed by atoms with Gasteiger partial charge in [0.25, 0.3) is 0 Å². The molecule has 0 aliphatic carbocycles. The number of nitrogens with one attached hydrogen (secondary N) is 1. The van der Waals surface area contributed by atoms with Crippen molar-refractivity contribution in [3.63, 3.8) is 0 Å². The van der Waals surface area contributed by atoms with Crippen LogP contribution in [-0.2, 0) is 16.3 Å². The molecule has 6 nitrogen and oxygen atoms in total. The Morgan fingerprint density at radius 1 is 1.47 bits per heavy atom. The zero-order chi connectivity index (χ0) is 13.6. The lowest BCUT2D eigenvalue weighted by atomic mass is 10.2. The Morgan fingerprint density at radius 2 is 2.26 bits per heavy atom. The van der Waals surface area contributed by atoms with Gasteiger partial charge in [-0.2, -0.15) is 0 Å². The first-order valence-corrected chi connectivity index (χ1v) is 9.17. The molecule has 1 N–H and O–H groups in total. The van der Waals surface area contributed by atoms with Crippen LogP contribution in [0.15, 0.2) is 0 Å². The second-order valence-electron chi connectivity index (χ2n) is 4.80. The van der Waals surface area contributed by atoms with Crippen LogP contribution in [-0.4, -0.2) is 47.3 Å². The molecule has 9 heteroatoms. The van der Waals surface area contributed by atoms with Gasteiger partial charge in [-0.1, -0.05) is 18.3 Å². The Kier molecular flexibility index (Phi) is 3.22. The number of rotatable bonds is 3. The van der Waals surface area contributed by atoms with Gasteiger partial charge in [-0.3, -0.25) is 4.90 Å². The first kappa shape index (κ1) is 13.2. The van der Waals surface area contributed by atoms with Gasteiger partial charge < -0.3 is 5.32 Å². The standard InChI is InChI=1S/C10H14N4O2S3/c1-2-3-8-12-13-10(18-8)14-7-5-19(15,16)4-6(7)11-9(14)17/h6-7H,2-5H2,1H3,(H,11,17)/t6-,7+/m0/s1. The van der Waals surface area contributed by atoms with E-state index in [1.54, 1.807) is 0 Å². The molecule has 19 heavy (non-hydrogen) atoms. The van der Waals surface area contributed by atoms with Gasteiger partial charge in [0.1, 0.15) is 5.01 Å². The fourth-order valence-corrected chi connectivity index (χ4v) is 5.81. The van der Waals surface area contributed by atoms with Gasteiger partial charge in [0.15, 0.2) is 14.9 Å². The smallest absolute Gasteiger partial charge is 0.214 e. The number of anilines is 1. The van der Waals surface area contributed by atoms with Crippen LogP contribution < -0.4 is 10.2 Å². The fourth-order valence-electron chi connectivity index (χ4n) is 2.49. The summed E-state index contributed by atoms with van der Waals surface area (Å²) in [7, 11) is -2.98. The molecule has 0 bridgehead atoms. The number of fused-ring (bicyclic) bond motifs is 1. The summed E-state index contributed by atoms with van der Waals surface area (Å²) in [6.07, 6.45) is 1.90. The molecule has 104 valence electrons. The Balaban J connectivity index is 1.88. The molecule has 3 heterocycles. The zero-order valence-corrected chi connectivity index (χ0v) is 12.8. The van der Waals surface area contributed by atoms with E-state index < -0.39 is 9.84 Å². The summed E-state index contributed by atoms with van der Waals surface area (Å²) in [6.45, 7) is 2.09. The van der Waals surface area contributed by atoms with Crippen molar-refractivity contribution in [3.8, 4) is 0 Å². The highest BCUT2D eigenvalue weighted by Gasteiger charge is 2.48. The van der Waals surface area contributed by atoms with Gasteiger partial charge in [-0.05, 0) is 18.6 Å². The predicted octanol–water partition coefficient (Wildman–Crippen LogP) is 0.351. The Morgan fingerprint density at radius 3 is 3.00 bits per heavy atom. The number of aromatic nitrogens is 2. The van der Waals surface area contributed by atoms with Crippen molar-refractivity contribution >= 4 is 43.6 Å². The molecule has 2 fully saturated rings. The number of nitrogens with zero attached hydrogens (tertiary/aromatic N) is 3. The summed E-state index contributed by atoms with van der Waals surface area (Å²) in [6, 6.07) is -0.254. The lowest BCUT2D eigenvalue weighted by Crippen LogP contribution is -2.36. The molecule has 0 aromatic carbocycles. The van der Waals surface area contributed by atoms with Crippen LogP contribution in [0.1, 0.15) is 18.4 Å². The van der Waals surface area contributed by atoms with Crippen molar-refractivity contribution in [1.29, 1.82) is 0 Å². The lowest BCUT2D eigenvalue weighted by molar-refractivity contribution is 0.600.